The average molecular weight is 381 g/mol. The molecule has 6 heteroatoms. The lowest BCUT2D eigenvalue weighted by Crippen LogP contribution is -2.31. The predicted octanol–water partition coefficient (Wildman–Crippen LogP) is 2.10. The van der Waals surface area contributed by atoms with E-state index in [1.165, 1.54) is 0 Å². The normalized spacial score (nSPS) is 22.3. The van der Waals surface area contributed by atoms with E-state index in [4.69, 9.17) is 11.6 Å². The SMILES string of the molecule is O=C1C(=CNNc2ccc3c(n2)=CCCC=3)C=C(Br)CC1Cl. The van der Waals surface area contributed by atoms with Crippen molar-refractivity contribution in [2.24, 2.45) is 0 Å². The maximum absolute atomic E-state index is 11.9. The molecule has 114 valence electrons. The number of hydrazine groups is 1. The Bertz CT molecular complexity index is 785. The zero-order chi connectivity index (χ0) is 15.5. The predicted molar refractivity (Wildman–Crippen MR) is 92.8 cm³/mol. The smallest absolute Gasteiger partial charge is 0.182 e. The highest BCUT2D eigenvalue weighted by Gasteiger charge is 2.24. The van der Waals surface area contributed by atoms with Crippen LogP contribution in [-0.2, 0) is 4.79 Å². The Morgan fingerprint density at radius 2 is 2.14 bits per heavy atom. The molecule has 3 rings (SSSR count). The van der Waals surface area contributed by atoms with Gasteiger partial charge in [0.1, 0.15) is 11.2 Å². The number of fused-ring (bicyclic) bond motifs is 1. The lowest BCUT2D eigenvalue weighted by molar-refractivity contribution is -0.115. The topological polar surface area (TPSA) is 54.0 Å². The molecule has 1 unspecified atom stereocenters. The minimum atomic E-state index is -0.514. The van der Waals surface area contributed by atoms with Gasteiger partial charge in [-0.05, 0) is 40.8 Å². The van der Waals surface area contributed by atoms with Crippen molar-refractivity contribution < 1.29 is 4.79 Å². The molecule has 0 aliphatic heterocycles. The summed E-state index contributed by atoms with van der Waals surface area (Å²) in [5, 5.41) is 1.64. The third kappa shape index (κ3) is 3.42. The summed E-state index contributed by atoms with van der Waals surface area (Å²) in [5.74, 6) is 0.622. The summed E-state index contributed by atoms with van der Waals surface area (Å²) in [6, 6.07) is 3.94. The van der Waals surface area contributed by atoms with Gasteiger partial charge in [-0.15, -0.1) is 11.6 Å². The Morgan fingerprint density at radius 1 is 1.32 bits per heavy atom. The molecule has 2 aliphatic rings. The molecular weight excluding hydrogens is 366 g/mol. The maximum Gasteiger partial charge on any atom is 0.182 e. The largest absolute Gasteiger partial charge is 0.306 e. The van der Waals surface area contributed by atoms with E-state index < -0.39 is 5.38 Å². The summed E-state index contributed by atoms with van der Waals surface area (Å²) in [4.78, 5) is 16.5. The van der Waals surface area contributed by atoms with Gasteiger partial charge < -0.3 is 5.43 Å². The monoisotopic (exact) mass is 379 g/mol. The lowest BCUT2D eigenvalue weighted by Gasteiger charge is -2.15. The van der Waals surface area contributed by atoms with Crippen LogP contribution in [0.25, 0.3) is 12.2 Å². The second kappa shape index (κ2) is 6.67. The van der Waals surface area contributed by atoms with Crippen molar-refractivity contribution >= 4 is 51.3 Å². The second-order valence-corrected chi connectivity index (χ2v) is 6.70. The maximum atomic E-state index is 11.9. The molecule has 0 radical (unpaired) electrons. The number of alkyl halides is 1. The molecule has 0 saturated heterocycles. The number of aromatic nitrogens is 1. The molecule has 2 N–H and O–H groups in total. The van der Waals surface area contributed by atoms with Crippen LogP contribution in [0.15, 0.2) is 34.5 Å². The first kappa shape index (κ1) is 15.3. The number of ketones is 1. The van der Waals surface area contributed by atoms with Gasteiger partial charge in [-0.1, -0.05) is 28.1 Å². The van der Waals surface area contributed by atoms with Gasteiger partial charge in [0.05, 0.1) is 5.35 Å². The number of pyridine rings is 1. The number of carbonyl (C=O) groups is 1. The summed E-state index contributed by atoms with van der Waals surface area (Å²) in [5.41, 5.74) is 6.42. The molecular formula is C16H15BrClN3O. The van der Waals surface area contributed by atoms with Gasteiger partial charge in [0, 0.05) is 18.2 Å². The number of Topliss-reactive ketones (excluding diaryl/α,β-unsaturated/α-hetero) is 1. The molecule has 1 heterocycles. The Morgan fingerprint density at radius 3 is 3.00 bits per heavy atom. The van der Waals surface area contributed by atoms with E-state index >= 15 is 0 Å². The first-order chi connectivity index (χ1) is 10.6. The van der Waals surface area contributed by atoms with E-state index in [-0.39, 0.29) is 5.78 Å². The van der Waals surface area contributed by atoms with Gasteiger partial charge in [-0.3, -0.25) is 10.2 Å². The minimum Gasteiger partial charge on any atom is -0.306 e. The lowest BCUT2D eigenvalue weighted by atomic mass is 10.0. The highest BCUT2D eigenvalue weighted by molar-refractivity contribution is 9.11. The van der Waals surface area contributed by atoms with E-state index in [9.17, 15) is 4.79 Å². The zero-order valence-electron chi connectivity index (χ0n) is 11.8. The molecule has 4 nitrogen and oxygen atoms in total. The van der Waals surface area contributed by atoms with Crippen molar-refractivity contribution in [2.75, 3.05) is 5.43 Å². The number of rotatable bonds is 3. The molecule has 0 bridgehead atoms. The van der Waals surface area contributed by atoms with Gasteiger partial charge in [-0.2, -0.15) is 0 Å². The van der Waals surface area contributed by atoms with E-state index in [2.05, 4.69) is 43.9 Å². The van der Waals surface area contributed by atoms with Crippen LogP contribution in [0.3, 0.4) is 0 Å². The molecule has 22 heavy (non-hydrogen) atoms. The molecule has 0 fully saturated rings. The Kier molecular flexibility index (Phi) is 4.64. The van der Waals surface area contributed by atoms with Crippen LogP contribution in [0.4, 0.5) is 5.82 Å². The van der Waals surface area contributed by atoms with Crippen molar-refractivity contribution in [3.63, 3.8) is 0 Å². The van der Waals surface area contributed by atoms with Crippen LogP contribution < -0.4 is 21.4 Å². The number of halogens is 2. The number of allylic oxidation sites excluding steroid dienone is 3. The Balaban J connectivity index is 1.72. The van der Waals surface area contributed by atoms with Crippen LogP contribution in [-0.4, -0.2) is 16.1 Å². The van der Waals surface area contributed by atoms with Crippen molar-refractivity contribution in [3.05, 3.63) is 45.0 Å². The van der Waals surface area contributed by atoms with E-state index in [0.717, 1.165) is 27.9 Å². The fourth-order valence-corrected chi connectivity index (χ4v) is 3.44. The molecule has 1 aromatic heterocycles. The summed E-state index contributed by atoms with van der Waals surface area (Å²) >= 11 is 9.39. The molecule has 0 amide bonds. The summed E-state index contributed by atoms with van der Waals surface area (Å²) in [6.45, 7) is 0. The van der Waals surface area contributed by atoms with Gasteiger partial charge in [0.2, 0.25) is 0 Å². The van der Waals surface area contributed by atoms with Crippen LogP contribution in [0.1, 0.15) is 19.3 Å². The number of hydrogen-bond acceptors (Lipinski definition) is 4. The molecule has 0 spiro atoms. The minimum absolute atomic E-state index is 0.0829. The molecule has 2 aliphatic carbocycles. The number of hydrogen-bond donors (Lipinski definition) is 2. The fraction of sp³-hybridized carbons (Fsp3) is 0.250. The summed E-state index contributed by atoms with van der Waals surface area (Å²) < 4.78 is 0.914. The number of nitrogens with zero attached hydrogens (tertiary/aromatic N) is 1. The van der Waals surface area contributed by atoms with Gasteiger partial charge in [-0.25, -0.2) is 4.98 Å². The highest BCUT2D eigenvalue weighted by atomic mass is 79.9. The third-order valence-corrected chi connectivity index (χ3v) is 4.41. The van der Waals surface area contributed by atoms with Gasteiger partial charge >= 0.3 is 0 Å². The van der Waals surface area contributed by atoms with Gasteiger partial charge in [0.15, 0.2) is 5.78 Å². The van der Waals surface area contributed by atoms with Gasteiger partial charge in [0.25, 0.3) is 0 Å². The first-order valence-corrected chi connectivity index (χ1v) is 8.30. The average Bonchev–Trinajstić information content (AvgIpc) is 2.52. The summed E-state index contributed by atoms with van der Waals surface area (Å²) in [7, 11) is 0. The van der Waals surface area contributed by atoms with Crippen LogP contribution in [0, 0.1) is 0 Å². The van der Waals surface area contributed by atoms with E-state index in [1.807, 2.05) is 12.1 Å². The fourth-order valence-electron chi connectivity index (χ4n) is 2.39. The number of nitrogens with one attached hydrogen (secondary N) is 2. The van der Waals surface area contributed by atoms with Crippen molar-refractivity contribution in [1.82, 2.24) is 10.4 Å². The zero-order valence-corrected chi connectivity index (χ0v) is 14.1. The second-order valence-electron chi connectivity index (χ2n) is 5.15. The number of carbonyl (C=O) groups excluding carboxylic acids is 1. The summed E-state index contributed by atoms with van der Waals surface area (Å²) in [6.07, 6.45) is 10.3. The van der Waals surface area contributed by atoms with Crippen molar-refractivity contribution in [1.29, 1.82) is 0 Å². The molecule has 1 atom stereocenters. The molecule has 0 aromatic carbocycles. The molecule has 0 saturated carbocycles. The van der Waals surface area contributed by atoms with Crippen LogP contribution in [0.2, 0.25) is 0 Å². The Hall–Kier alpha value is -1.59. The number of anilines is 1. The first-order valence-electron chi connectivity index (χ1n) is 7.07. The van der Waals surface area contributed by atoms with Crippen molar-refractivity contribution in [2.45, 2.75) is 24.6 Å². The third-order valence-electron chi connectivity index (χ3n) is 3.51. The van der Waals surface area contributed by atoms with E-state index in [1.54, 1.807) is 12.3 Å². The van der Waals surface area contributed by atoms with E-state index in [0.29, 0.717) is 17.8 Å². The standard InChI is InChI=1S/C16H15BrClN3O/c17-12-7-11(16(22)13(18)8-12)9-19-21-15-6-5-10-3-1-2-4-14(10)20-15/h3-7,9,13,19H,1-2,8H2,(H,20,21). The van der Waals surface area contributed by atoms with Crippen molar-refractivity contribution in [3.8, 4) is 0 Å². The van der Waals surface area contributed by atoms with Crippen LogP contribution >= 0.6 is 27.5 Å². The quantitative estimate of drug-likeness (QED) is 0.479. The van der Waals surface area contributed by atoms with Crippen LogP contribution in [0.5, 0.6) is 0 Å². The molecule has 1 aromatic rings. The highest BCUT2D eigenvalue weighted by Crippen LogP contribution is 2.26. The Labute approximate surface area is 141 Å².